The average molecular weight is 362 g/mol. The fourth-order valence-corrected chi connectivity index (χ4v) is 3.09. The van der Waals surface area contributed by atoms with E-state index in [9.17, 15) is 10.1 Å². The molecule has 0 aromatic heterocycles. The fourth-order valence-electron chi connectivity index (χ4n) is 2.80. The Kier molecular flexibility index (Phi) is 5.36. The second kappa shape index (κ2) is 7.86. The molecule has 26 heavy (non-hydrogen) atoms. The van der Waals surface area contributed by atoms with Gasteiger partial charge in [0.05, 0.1) is 17.2 Å². The van der Waals surface area contributed by atoms with Gasteiger partial charge in [0.2, 0.25) is 0 Å². The monoisotopic (exact) mass is 361 g/mol. The minimum Gasteiger partial charge on any atom is -0.454 e. The van der Waals surface area contributed by atoms with Crippen LogP contribution in [0.25, 0.3) is 11.1 Å². The third-order valence-corrected chi connectivity index (χ3v) is 4.46. The van der Waals surface area contributed by atoms with Crippen LogP contribution >= 0.6 is 11.6 Å². The molecule has 0 fully saturated rings. The van der Waals surface area contributed by atoms with Crippen molar-refractivity contribution in [3.63, 3.8) is 0 Å². The second-order valence-electron chi connectivity index (χ2n) is 5.77. The number of carbonyl (C=O) groups is 1. The maximum Gasteiger partial charge on any atom is 0.339 e. The summed E-state index contributed by atoms with van der Waals surface area (Å²) in [5, 5.41) is 9.90. The lowest BCUT2D eigenvalue weighted by Crippen LogP contribution is -2.11. The van der Waals surface area contributed by atoms with E-state index in [-0.39, 0.29) is 0 Å². The SMILES string of the molecule is C[C@@H](OC(=O)c1ccccc1-c1ccccc1C#N)c1ccccc1Cl. The van der Waals surface area contributed by atoms with Crippen molar-refractivity contribution in [1.82, 2.24) is 0 Å². The van der Waals surface area contributed by atoms with E-state index in [0.717, 1.165) is 5.56 Å². The van der Waals surface area contributed by atoms with Crippen molar-refractivity contribution >= 4 is 17.6 Å². The Labute approximate surface area is 157 Å². The molecule has 3 nitrogen and oxygen atoms in total. The minimum absolute atomic E-state index is 0.411. The first kappa shape index (κ1) is 17.7. The van der Waals surface area contributed by atoms with Crippen LogP contribution < -0.4 is 0 Å². The lowest BCUT2D eigenvalue weighted by atomic mass is 9.96. The van der Waals surface area contributed by atoms with Crippen LogP contribution in [0.3, 0.4) is 0 Å². The molecule has 0 aliphatic heterocycles. The predicted molar refractivity (Wildman–Crippen MR) is 102 cm³/mol. The first-order chi connectivity index (χ1) is 12.6. The van der Waals surface area contributed by atoms with Crippen LogP contribution in [-0.2, 0) is 4.74 Å². The van der Waals surface area contributed by atoms with Gasteiger partial charge in [-0.25, -0.2) is 4.79 Å². The van der Waals surface area contributed by atoms with Gasteiger partial charge < -0.3 is 4.74 Å². The van der Waals surface area contributed by atoms with E-state index < -0.39 is 12.1 Å². The quantitative estimate of drug-likeness (QED) is 0.552. The largest absolute Gasteiger partial charge is 0.454 e. The molecule has 3 aromatic rings. The van der Waals surface area contributed by atoms with Crippen molar-refractivity contribution in [2.75, 3.05) is 0 Å². The number of halogens is 1. The zero-order chi connectivity index (χ0) is 18.5. The molecule has 0 saturated heterocycles. The van der Waals surface area contributed by atoms with Crippen LogP contribution in [-0.4, -0.2) is 5.97 Å². The van der Waals surface area contributed by atoms with Gasteiger partial charge in [-0.2, -0.15) is 5.26 Å². The minimum atomic E-state index is -0.490. The van der Waals surface area contributed by atoms with E-state index in [0.29, 0.717) is 27.3 Å². The number of rotatable bonds is 4. The maximum absolute atomic E-state index is 12.8. The molecule has 0 aliphatic carbocycles. The van der Waals surface area contributed by atoms with Crippen molar-refractivity contribution in [1.29, 1.82) is 5.26 Å². The van der Waals surface area contributed by atoms with Crippen molar-refractivity contribution in [3.05, 3.63) is 94.5 Å². The number of ether oxygens (including phenoxy) is 1. The second-order valence-corrected chi connectivity index (χ2v) is 6.18. The van der Waals surface area contributed by atoms with Crippen molar-refractivity contribution < 1.29 is 9.53 Å². The zero-order valence-electron chi connectivity index (χ0n) is 14.1. The fraction of sp³-hybridized carbons (Fsp3) is 0.0909. The average Bonchev–Trinajstić information content (AvgIpc) is 2.68. The molecular formula is C22H16ClNO2. The Hall–Kier alpha value is -3.09. The lowest BCUT2D eigenvalue weighted by Gasteiger charge is -2.16. The molecular weight excluding hydrogens is 346 g/mol. The number of nitrogens with zero attached hydrogens (tertiary/aromatic N) is 1. The van der Waals surface area contributed by atoms with Gasteiger partial charge in [0.15, 0.2) is 0 Å². The summed E-state index contributed by atoms with van der Waals surface area (Å²) in [5.74, 6) is -0.458. The van der Waals surface area contributed by atoms with Crippen molar-refractivity contribution in [2.24, 2.45) is 0 Å². The predicted octanol–water partition coefficient (Wildman–Crippen LogP) is 5.80. The number of benzene rings is 3. The normalized spacial score (nSPS) is 11.4. The van der Waals surface area contributed by atoms with Crippen molar-refractivity contribution in [2.45, 2.75) is 13.0 Å². The molecule has 0 aliphatic rings. The van der Waals surface area contributed by atoms with E-state index >= 15 is 0 Å². The number of esters is 1. The Bertz CT molecular complexity index is 991. The van der Waals surface area contributed by atoms with Crippen LogP contribution in [0, 0.1) is 11.3 Å². The van der Waals surface area contributed by atoms with Crippen LogP contribution in [0.2, 0.25) is 5.02 Å². The summed E-state index contributed by atoms with van der Waals surface area (Å²) in [5.41, 5.74) is 3.03. The molecule has 0 saturated carbocycles. The maximum atomic E-state index is 12.8. The van der Waals surface area contributed by atoms with Gasteiger partial charge in [0, 0.05) is 16.1 Å². The number of hydrogen-bond donors (Lipinski definition) is 0. The first-order valence-electron chi connectivity index (χ1n) is 8.15. The summed E-state index contributed by atoms with van der Waals surface area (Å²) >= 11 is 6.19. The van der Waals surface area contributed by atoms with E-state index in [1.165, 1.54) is 0 Å². The Balaban J connectivity index is 1.94. The Morgan fingerprint density at radius 3 is 2.31 bits per heavy atom. The molecule has 0 radical (unpaired) electrons. The molecule has 3 aromatic carbocycles. The summed E-state index contributed by atoms with van der Waals surface area (Å²) in [6.07, 6.45) is -0.490. The smallest absolute Gasteiger partial charge is 0.339 e. The molecule has 0 unspecified atom stereocenters. The standard InChI is InChI=1S/C22H16ClNO2/c1-15(17-9-6-7-13-21(17)23)26-22(25)20-12-5-4-11-19(20)18-10-3-2-8-16(18)14-24/h2-13,15H,1H3/t15-/m1/s1. The molecule has 0 amide bonds. The topological polar surface area (TPSA) is 50.1 Å². The van der Waals surface area contributed by atoms with Gasteiger partial charge in [-0.05, 0) is 30.7 Å². The molecule has 0 N–H and O–H groups in total. The number of hydrogen-bond acceptors (Lipinski definition) is 3. The molecule has 128 valence electrons. The molecule has 0 heterocycles. The Morgan fingerprint density at radius 1 is 0.962 bits per heavy atom. The van der Waals surface area contributed by atoms with E-state index in [1.54, 1.807) is 37.3 Å². The highest BCUT2D eigenvalue weighted by Gasteiger charge is 2.19. The third kappa shape index (κ3) is 3.61. The van der Waals surface area contributed by atoms with Gasteiger partial charge in [-0.15, -0.1) is 0 Å². The van der Waals surface area contributed by atoms with Gasteiger partial charge in [0.25, 0.3) is 0 Å². The highest BCUT2D eigenvalue weighted by Crippen LogP contribution is 2.30. The molecule has 1 atom stereocenters. The summed E-state index contributed by atoms with van der Waals surface area (Å²) < 4.78 is 5.63. The van der Waals surface area contributed by atoms with Gasteiger partial charge in [0.1, 0.15) is 6.10 Å². The van der Waals surface area contributed by atoms with E-state index in [2.05, 4.69) is 6.07 Å². The third-order valence-electron chi connectivity index (χ3n) is 4.11. The van der Waals surface area contributed by atoms with Gasteiger partial charge in [-0.1, -0.05) is 66.2 Å². The van der Waals surface area contributed by atoms with Crippen LogP contribution in [0.1, 0.15) is 34.5 Å². The molecule has 4 heteroatoms. The first-order valence-corrected chi connectivity index (χ1v) is 8.53. The highest BCUT2D eigenvalue weighted by atomic mass is 35.5. The number of carbonyl (C=O) groups excluding carboxylic acids is 1. The van der Waals surface area contributed by atoms with E-state index in [1.807, 2.05) is 42.5 Å². The van der Waals surface area contributed by atoms with Crippen molar-refractivity contribution in [3.8, 4) is 17.2 Å². The molecule has 3 rings (SSSR count). The van der Waals surface area contributed by atoms with E-state index in [4.69, 9.17) is 16.3 Å². The summed E-state index contributed by atoms with van der Waals surface area (Å²) in [6.45, 7) is 1.78. The summed E-state index contributed by atoms with van der Waals surface area (Å²) in [6, 6.07) is 23.7. The van der Waals surface area contributed by atoms with Crippen LogP contribution in [0.5, 0.6) is 0 Å². The lowest BCUT2D eigenvalue weighted by molar-refractivity contribution is 0.0339. The van der Waals surface area contributed by atoms with Crippen LogP contribution in [0.15, 0.2) is 72.8 Å². The van der Waals surface area contributed by atoms with Gasteiger partial charge in [-0.3, -0.25) is 0 Å². The molecule has 0 bridgehead atoms. The molecule has 0 spiro atoms. The zero-order valence-corrected chi connectivity index (χ0v) is 14.9. The number of nitriles is 1. The van der Waals surface area contributed by atoms with Gasteiger partial charge >= 0.3 is 5.97 Å². The highest BCUT2D eigenvalue weighted by molar-refractivity contribution is 6.31. The van der Waals surface area contributed by atoms with Crippen LogP contribution in [0.4, 0.5) is 0 Å². The summed E-state index contributed by atoms with van der Waals surface area (Å²) in [4.78, 5) is 12.8. The summed E-state index contributed by atoms with van der Waals surface area (Å²) in [7, 11) is 0. The Morgan fingerprint density at radius 2 is 1.58 bits per heavy atom.